The minimum Gasteiger partial charge on any atom is -0.490 e. The summed E-state index contributed by atoms with van der Waals surface area (Å²) < 4.78 is 34.8. The van der Waals surface area contributed by atoms with E-state index in [-0.39, 0.29) is 11.7 Å². The van der Waals surface area contributed by atoms with Crippen molar-refractivity contribution in [3.8, 4) is 5.75 Å². The predicted molar refractivity (Wildman–Crippen MR) is 139 cm³/mol. The van der Waals surface area contributed by atoms with Crippen LogP contribution in [-0.4, -0.2) is 6.61 Å². The van der Waals surface area contributed by atoms with Crippen LogP contribution in [0.2, 0.25) is 0 Å². The Bertz CT molecular complexity index is 702. The lowest BCUT2D eigenvalue weighted by atomic mass is 9.66. The third-order valence-electron chi connectivity index (χ3n) is 9.14. The molecular weight excluding hydrogens is 426 g/mol. The molecule has 194 valence electrons. The van der Waals surface area contributed by atoms with Crippen LogP contribution in [0.1, 0.15) is 135 Å². The lowest BCUT2D eigenvalue weighted by molar-refractivity contribution is 0.131. The van der Waals surface area contributed by atoms with Gasteiger partial charge in [0.05, 0.1) is 6.61 Å². The molecule has 1 nitrogen and oxygen atoms in total. The molecular formula is C31H50F2O. The maximum Gasteiger partial charge on any atom is 0.200 e. The van der Waals surface area contributed by atoms with Crippen molar-refractivity contribution in [2.75, 3.05) is 6.61 Å². The Morgan fingerprint density at radius 2 is 1.38 bits per heavy atom. The van der Waals surface area contributed by atoms with E-state index in [1.54, 1.807) is 12.1 Å². The molecule has 0 aliphatic heterocycles. The maximum absolute atomic E-state index is 14.8. The fourth-order valence-electron chi connectivity index (χ4n) is 6.68. The summed E-state index contributed by atoms with van der Waals surface area (Å²) in [5.74, 6) is 2.07. The topological polar surface area (TPSA) is 9.23 Å². The summed E-state index contributed by atoms with van der Waals surface area (Å²) in [7, 11) is 0. The summed E-state index contributed by atoms with van der Waals surface area (Å²) in [5.41, 5.74) is 0.561. The SMILES string of the molecule is CCCCCCCC1CCC(C(C)C2CCC(c3ccc(OCCCC)c(F)c3F)CC2)CC1. The Balaban J connectivity index is 1.42. The number of unbranched alkanes of at least 4 members (excludes halogenated alkanes) is 5. The van der Waals surface area contributed by atoms with E-state index >= 15 is 0 Å². The Labute approximate surface area is 208 Å². The monoisotopic (exact) mass is 476 g/mol. The van der Waals surface area contributed by atoms with Crippen molar-refractivity contribution in [2.45, 2.75) is 129 Å². The molecule has 0 heterocycles. The van der Waals surface area contributed by atoms with Gasteiger partial charge in [0.25, 0.3) is 0 Å². The molecule has 1 aromatic carbocycles. The molecule has 2 aliphatic carbocycles. The molecule has 34 heavy (non-hydrogen) atoms. The van der Waals surface area contributed by atoms with Crippen LogP contribution >= 0.6 is 0 Å². The van der Waals surface area contributed by atoms with Crippen LogP contribution in [0.5, 0.6) is 5.75 Å². The highest BCUT2D eigenvalue weighted by molar-refractivity contribution is 5.33. The molecule has 0 amide bonds. The van der Waals surface area contributed by atoms with Gasteiger partial charge in [-0.15, -0.1) is 0 Å². The van der Waals surface area contributed by atoms with E-state index in [0.29, 0.717) is 12.2 Å². The second kappa shape index (κ2) is 14.4. The van der Waals surface area contributed by atoms with Gasteiger partial charge in [-0.25, -0.2) is 4.39 Å². The molecule has 0 saturated heterocycles. The van der Waals surface area contributed by atoms with Gasteiger partial charge in [0.15, 0.2) is 11.6 Å². The molecule has 3 rings (SSSR count). The van der Waals surface area contributed by atoms with Gasteiger partial charge in [-0.3, -0.25) is 0 Å². The summed E-state index contributed by atoms with van der Waals surface area (Å²) in [6, 6.07) is 3.41. The molecule has 2 fully saturated rings. The van der Waals surface area contributed by atoms with Crippen molar-refractivity contribution >= 4 is 0 Å². The molecule has 2 saturated carbocycles. The first-order valence-corrected chi connectivity index (χ1v) is 14.7. The highest BCUT2D eigenvalue weighted by Crippen LogP contribution is 2.45. The molecule has 1 aromatic rings. The van der Waals surface area contributed by atoms with Crippen LogP contribution in [0.15, 0.2) is 12.1 Å². The number of hydrogen-bond acceptors (Lipinski definition) is 1. The average Bonchev–Trinajstić information content (AvgIpc) is 2.87. The van der Waals surface area contributed by atoms with Crippen LogP contribution in [0.25, 0.3) is 0 Å². The first-order valence-electron chi connectivity index (χ1n) is 14.7. The highest BCUT2D eigenvalue weighted by Gasteiger charge is 2.33. The Kier molecular flexibility index (Phi) is 11.7. The van der Waals surface area contributed by atoms with Gasteiger partial charge in [-0.2, -0.15) is 4.39 Å². The average molecular weight is 477 g/mol. The fraction of sp³-hybridized carbons (Fsp3) is 0.806. The largest absolute Gasteiger partial charge is 0.490 e. The third-order valence-corrected chi connectivity index (χ3v) is 9.14. The molecule has 0 spiro atoms. The van der Waals surface area contributed by atoms with E-state index in [0.717, 1.165) is 62.2 Å². The van der Waals surface area contributed by atoms with Gasteiger partial charge < -0.3 is 4.74 Å². The second-order valence-corrected chi connectivity index (χ2v) is 11.4. The normalized spacial score (nSPS) is 26.4. The maximum atomic E-state index is 14.8. The number of ether oxygens (including phenoxy) is 1. The Morgan fingerprint density at radius 1 is 0.765 bits per heavy atom. The zero-order valence-corrected chi connectivity index (χ0v) is 22.2. The van der Waals surface area contributed by atoms with E-state index < -0.39 is 11.6 Å². The van der Waals surface area contributed by atoms with Gasteiger partial charge >= 0.3 is 0 Å². The van der Waals surface area contributed by atoms with Crippen molar-refractivity contribution in [3.05, 3.63) is 29.3 Å². The summed E-state index contributed by atoms with van der Waals surface area (Å²) in [4.78, 5) is 0. The highest BCUT2D eigenvalue weighted by atomic mass is 19.2. The Hall–Kier alpha value is -1.12. The fourth-order valence-corrected chi connectivity index (χ4v) is 6.68. The first kappa shape index (κ1) is 27.5. The summed E-state index contributed by atoms with van der Waals surface area (Å²) in [6.45, 7) is 7.26. The van der Waals surface area contributed by atoms with Crippen molar-refractivity contribution in [3.63, 3.8) is 0 Å². The van der Waals surface area contributed by atoms with Crippen LogP contribution in [0.3, 0.4) is 0 Å². The lowest BCUT2D eigenvalue weighted by Gasteiger charge is -2.39. The minimum atomic E-state index is -0.800. The van der Waals surface area contributed by atoms with Gasteiger partial charge in [-0.05, 0) is 86.2 Å². The number of hydrogen-bond donors (Lipinski definition) is 0. The van der Waals surface area contributed by atoms with Crippen molar-refractivity contribution in [1.82, 2.24) is 0 Å². The van der Waals surface area contributed by atoms with Gasteiger partial charge in [0, 0.05) is 0 Å². The summed E-state index contributed by atoms with van der Waals surface area (Å²) >= 11 is 0. The molecule has 0 bridgehead atoms. The quantitative estimate of drug-likeness (QED) is 0.257. The van der Waals surface area contributed by atoms with E-state index in [4.69, 9.17) is 4.74 Å². The summed E-state index contributed by atoms with van der Waals surface area (Å²) in [6.07, 6.45) is 20.2. The number of halogens is 2. The molecule has 2 aliphatic rings. The van der Waals surface area contributed by atoms with Crippen molar-refractivity contribution in [2.24, 2.45) is 23.7 Å². The van der Waals surface area contributed by atoms with Crippen LogP contribution in [0, 0.1) is 35.3 Å². The molecule has 0 radical (unpaired) electrons. The zero-order valence-electron chi connectivity index (χ0n) is 22.2. The van der Waals surface area contributed by atoms with E-state index in [1.807, 2.05) is 0 Å². The van der Waals surface area contributed by atoms with Gasteiger partial charge in [0.1, 0.15) is 0 Å². The third kappa shape index (κ3) is 7.69. The van der Waals surface area contributed by atoms with E-state index in [2.05, 4.69) is 20.8 Å². The number of rotatable bonds is 13. The smallest absolute Gasteiger partial charge is 0.200 e. The summed E-state index contributed by atoms with van der Waals surface area (Å²) in [5, 5.41) is 0. The second-order valence-electron chi connectivity index (χ2n) is 11.4. The Morgan fingerprint density at radius 3 is 2.03 bits per heavy atom. The first-order chi connectivity index (χ1) is 16.5. The minimum absolute atomic E-state index is 0.0635. The molecule has 3 heteroatoms. The molecule has 0 N–H and O–H groups in total. The van der Waals surface area contributed by atoms with Gasteiger partial charge in [-0.1, -0.05) is 84.6 Å². The van der Waals surface area contributed by atoms with E-state index in [9.17, 15) is 8.78 Å². The molecule has 0 aromatic heterocycles. The van der Waals surface area contributed by atoms with E-state index in [1.165, 1.54) is 64.2 Å². The van der Waals surface area contributed by atoms with Crippen LogP contribution in [0.4, 0.5) is 8.78 Å². The predicted octanol–water partition coefficient (Wildman–Crippen LogP) is 10.2. The van der Waals surface area contributed by atoms with Crippen molar-refractivity contribution in [1.29, 1.82) is 0 Å². The zero-order chi connectivity index (χ0) is 24.3. The molecule has 1 unspecified atom stereocenters. The molecule has 1 atom stereocenters. The van der Waals surface area contributed by atoms with Crippen molar-refractivity contribution < 1.29 is 13.5 Å². The van der Waals surface area contributed by atoms with Gasteiger partial charge in [0.2, 0.25) is 5.82 Å². The number of benzene rings is 1. The van der Waals surface area contributed by atoms with Crippen LogP contribution in [-0.2, 0) is 0 Å². The standard InChI is InChI=1S/C31H50F2O/c1-4-6-8-9-10-11-24-12-14-25(15-13-24)23(3)26-16-18-27(19-17-26)28-20-21-29(31(33)30(28)32)34-22-7-5-2/h20-21,23-27H,4-19,22H2,1-3H3. The lowest BCUT2D eigenvalue weighted by Crippen LogP contribution is -2.28. The van der Waals surface area contributed by atoms with Crippen LogP contribution < -0.4 is 4.74 Å².